The van der Waals surface area contributed by atoms with E-state index in [1.807, 2.05) is 44.2 Å². The zero-order chi connectivity index (χ0) is 14.7. The van der Waals surface area contributed by atoms with E-state index in [0.29, 0.717) is 5.02 Å². The number of benzene rings is 2. The Labute approximate surface area is 125 Å². The van der Waals surface area contributed by atoms with Crippen molar-refractivity contribution in [3.63, 3.8) is 0 Å². The van der Waals surface area contributed by atoms with Gasteiger partial charge in [-0.3, -0.25) is 0 Å². The molecule has 0 aromatic heterocycles. The number of aryl methyl sites for hydroxylation is 2. The van der Waals surface area contributed by atoms with E-state index in [9.17, 15) is 0 Å². The summed E-state index contributed by atoms with van der Waals surface area (Å²) >= 11 is 5.97. The highest BCUT2D eigenvalue weighted by Gasteiger charge is 2.19. The molecular weight excluding hydrogens is 270 g/mol. The van der Waals surface area contributed by atoms with Crippen LogP contribution in [0.15, 0.2) is 42.5 Å². The molecule has 0 bridgehead atoms. The van der Waals surface area contributed by atoms with Crippen molar-refractivity contribution in [2.75, 3.05) is 0 Å². The topological polar surface area (TPSA) is 35.2 Å². The third-order valence-corrected chi connectivity index (χ3v) is 3.47. The average molecular weight is 290 g/mol. The summed E-state index contributed by atoms with van der Waals surface area (Å²) in [7, 11) is 0. The monoisotopic (exact) mass is 289 g/mol. The molecule has 0 saturated heterocycles. The van der Waals surface area contributed by atoms with E-state index in [-0.39, 0.29) is 12.1 Å². The fraction of sp³-hybridized carbons (Fsp3) is 0.294. The zero-order valence-electron chi connectivity index (χ0n) is 12.1. The lowest BCUT2D eigenvalue weighted by Crippen LogP contribution is -2.29. The summed E-state index contributed by atoms with van der Waals surface area (Å²) in [6.07, 6.45) is -0.172. The third kappa shape index (κ3) is 3.53. The van der Waals surface area contributed by atoms with E-state index in [0.717, 1.165) is 16.9 Å². The van der Waals surface area contributed by atoms with E-state index < -0.39 is 0 Å². The number of nitrogens with two attached hydrogens (primary N) is 1. The molecule has 0 spiro atoms. The second-order valence-electron chi connectivity index (χ2n) is 5.22. The van der Waals surface area contributed by atoms with Crippen LogP contribution < -0.4 is 10.5 Å². The Kier molecular flexibility index (Phi) is 4.69. The lowest BCUT2D eigenvalue weighted by atomic mass is 10.0. The van der Waals surface area contributed by atoms with E-state index in [1.54, 1.807) is 0 Å². The van der Waals surface area contributed by atoms with Gasteiger partial charge < -0.3 is 10.5 Å². The summed E-state index contributed by atoms with van der Waals surface area (Å²) in [5.41, 5.74) is 9.40. The lowest BCUT2D eigenvalue weighted by Gasteiger charge is -2.24. The molecule has 20 heavy (non-hydrogen) atoms. The Balaban J connectivity index is 2.30. The minimum Gasteiger partial charge on any atom is -0.484 e. The van der Waals surface area contributed by atoms with Crippen LogP contribution in [0.1, 0.15) is 29.7 Å². The zero-order valence-corrected chi connectivity index (χ0v) is 12.8. The van der Waals surface area contributed by atoms with Crippen LogP contribution in [0.2, 0.25) is 5.02 Å². The van der Waals surface area contributed by atoms with Gasteiger partial charge in [-0.15, -0.1) is 0 Å². The van der Waals surface area contributed by atoms with Crippen LogP contribution >= 0.6 is 11.6 Å². The minimum absolute atomic E-state index is 0.105. The van der Waals surface area contributed by atoms with Crippen molar-refractivity contribution in [1.29, 1.82) is 0 Å². The molecular formula is C17H20ClNO. The molecule has 3 heteroatoms. The van der Waals surface area contributed by atoms with Gasteiger partial charge >= 0.3 is 0 Å². The summed E-state index contributed by atoms with van der Waals surface area (Å²) in [4.78, 5) is 0. The van der Waals surface area contributed by atoms with E-state index in [2.05, 4.69) is 19.1 Å². The maximum absolute atomic E-state index is 6.12. The fourth-order valence-corrected chi connectivity index (χ4v) is 2.43. The van der Waals surface area contributed by atoms with Gasteiger partial charge in [-0.1, -0.05) is 41.4 Å². The quantitative estimate of drug-likeness (QED) is 0.904. The minimum atomic E-state index is -0.172. The molecule has 0 amide bonds. The smallest absolute Gasteiger partial charge is 0.138 e. The van der Waals surface area contributed by atoms with Gasteiger partial charge in [0.2, 0.25) is 0 Å². The van der Waals surface area contributed by atoms with Gasteiger partial charge in [-0.05, 0) is 50.1 Å². The molecule has 0 aliphatic rings. The summed E-state index contributed by atoms with van der Waals surface area (Å²) in [6, 6.07) is 13.8. The van der Waals surface area contributed by atoms with Crippen LogP contribution in [0, 0.1) is 13.8 Å². The molecule has 0 aliphatic carbocycles. The summed E-state index contributed by atoms with van der Waals surface area (Å²) < 4.78 is 6.12. The van der Waals surface area contributed by atoms with Crippen LogP contribution in [0.3, 0.4) is 0 Å². The van der Waals surface area contributed by atoms with Crippen molar-refractivity contribution in [1.82, 2.24) is 0 Å². The number of ether oxygens (including phenoxy) is 1. The first kappa shape index (κ1) is 14.9. The standard InChI is InChI=1S/C17H20ClNO/c1-11-5-4-6-14(9-11)17(13(3)19)20-16-8-7-15(18)10-12(16)2/h4-10,13,17H,19H2,1-3H3. The first-order chi connectivity index (χ1) is 9.47. The molecule has 2 unspecified atom stereocenters. The maximum Gasteiger partial charge on any atom is 0.138 e. The van der Waals surface area contributed by atoms with Crippen LogP contribution in [0.4, 0.5) is 0 Å². The average Bonchev–Trinajstić information content (AvgIpc) is 2.37. The largest absolute Gasteiger partial charge is 0.484 e. The van der Waals surface area contributed by atoms with Crippen molar-refractivity contribution in [2.24, 2.45) is 5.73 Å². The Morgan fingerprint density at radius 2 is 1.85 bits per heavy atom. The van der Waals surface area contributed by atoms with Crippen molar-refractivity contribution < 1.29 is 4.74 Å². The van der Waals surface area contributed by atoms with Crippen LogP contribution in [0.25, 0.3) is 0 Å². The van der Waals surface area contributed by atoms with Crippen molar-refractivity contribution >= 4 is 11.6 Å². The van der Waals surface area contributed by atoms with E-state index >= 15 is 0 Å². The van der Waals surface area contributed by atoms with Crippen molar-refractivity contribution in [3.05, 3.63) is 64.2 Å². The van der Waals surface area contributed by atoms with Crippen molar-refractivity contribution in [2.45, 2.75) is 32.9 Å². The van der Waals surface area contributed by atoms with E-state index in [4.69, 9.17) is 22.1 Å². The number of hydrogen-bond donors (Lipinski definition) is 1. The Morgan fingerprint density at radius 1 is 1.10 bits per heavy atom. The predicted molar refractivity (Wildman–Crippen MR) is 84.4 cm³/mol. The molecule has 0 fully saturated rings. The maximum atomic E-state index is 6.12. The normalized spacial score (nSPS) is 13.8. The van der Waals surface area contributed by atoms with Crippen molar-refractivity contribution in [3.8, 4) is 5.75 Å². The summed E-state index contributed by atoms with van der Waals surface area (Å²) in [5.74, 6) is 0.818. The van der Waals surface area contributed by atoms with Gasteiger partial charge in [0.1, 0.15) is 11.9 Å². The number of rotatable bonds is 4. The lowest BCUT2D eigenvalue weighted by molar-refractivity contribution is 0.179. The summed E-state index contributed by atoms with van der Waals surface area (Å²) in [5, 5.41) is 0.711. The first-order valence-electron chi connectivity index (χ1n) is 6.72. The highest BCUT2D eigenvalue weighted by atomic mass is 35.5. The Hall–Kier alpha value is -1.51. The Bertz CT molecular complexity index is 595. The molecule has 106 valence electrons. The molecule has 0 saturated carbocycles. The highest BCUT2D eigenvalue weighted by molar-refractivity contribution is 6.30. The molecule has 0 radical (unpaired) electrons. The molecule has 2 atom stereocenters. The van der Waals surface area contributed by atoms with E-state index in [1.165, 1.54) is 5.56 Å². The van der Waals surface area contributed by atoms with Crippen LogP contribution in [-0.4, -0.2) is 6.04 Å². The second kappa shape index (κ2) is 6.29. The first-order valence-corrected chi connectivity index (χ1v) is 7.10. The second-order valence-corrected chi connectivity index (χ2v) is 5.66. The van der Waals surface area contributed by atoms with Gasteiger partial charge in [0.15, 0.2) is 0 Å². The van der Waals surface area contributed by atoms with Gasteiger partial charge in [0.05, 0.1) is 0 Å². The molecule has 2 aromatic rings. The molecule has 0 heterocycles. The summed E-state index contributed by atoms with van der Waals surface area (Å²) in [6.45, 7) is 6.00. The molecule has 2 aromatic carbocycles. The van der Waals surface area contributed by atoms with Gasteiger partial charge in [-0.2, -0.15) is 0 Å². The molecule has 2 N–H and O–H groups in total. The number of hydrogen-bond acceptors (Lipinski definition) is 2. The third-order valence-electron chi connectivity index (χ3n) is 3.24. The SMILES string of the molecule is Cc1cccc(C(Oc2ccc(Cl)cc2C)C(C)N)c1. The highest BCUT2D eigenvalue weighted by Crippen LogP contribution is 2.29. The van der Waals surface area contributed by atoms with Gasteiger partial charge in [-0.25, -0.2) is 0 Å². The van der Waals surface area contributed by atoms with Gasteiger partial charge in [0.25, 0.3) is 0 Å². The van der Waals surface area contributed by atoms with Gasteiger partial charge in [0, 0.05) is 11.1 Å². The van der Waals surface area contributed by atoms with Crippen LogP contribution in [0.5, 0.6) is 5.75 Å². The molecule has 0 aliphatic heterocycles. The fourth-order valence-electron chi connectivity index (χ4n) is 2.21. The number of halogens is 1. The molecule has 2 rings (SSSR count). The van der Waals surface area contributed by atoms with Crippen LogP contribution in [-0.2, 0) is 0 Å². The predicted octanol–water partition coefficient (Wildman–Crippen LogP) is 4.42. The molecule has 2 nitrogen and oxygen atoms in total. The Morgan fingerprint density at radius 3 is 2.45 bits per heavy atom.